The maximum atomic E-state index is 12.0. The van der Waals surface area contributed by atoms with Crippen molar-refractivity contribution >= 4 is 21.8 Å². The molecule has 1 atom stereocenters. The van der Waals surface area contributed by atoms with Crippen molar-refractivity contribution < 1.29 is 9.53 Å². The molecule has 1 rings (SSSR count). The van der Waals surface area contributed by atoms with Crippen molar-refractivity contribution in [1.29, 1.82) is 0 Å². The molecule has 0 N–H and O–H groups in total. The number of carbonyl (C=O) groups is 1. The van der Waals surface area contributed by atoms with Crippen LogP contribution < -0.4 is 0 Å². The lowest BCUT2D eigenvalue weighted by atomic mass is 10.0. The predicted octanol–water partition coefficient (Wildman–Crippen LogP) is 2.58. The first-order valence-corrected chi connectivity index (χ1v) is 7.04. The standard InChI is InChI=1S/C12H22BrNO2/c1-12(2,9-13)14(3)11(15)7-6-10-5-4-8-16-10/h10H,4-9H2,1-3H3. The van der Waals surface area contributed by atoms with Crippen molar-refractivity contribution in [3.8, 4) is 0 Å². The predicted molar refractivity (Wildman–Crippen MR) is 68.9 cm³/mol. The zero-order chi connectivity index (χ0) is 12.2. The van der Waals surface area contributed by atoms with Crippen molar-refractivity contribution in [2.75, 3.05) is 19.0 Å². The molecular weight excluding hydrogens is 270 g/mol. The number of carbonyl (C=O) groups excluding carboxylic acids is 1. The summed E-state index contributed by atoms with van der Waals surface area (Å²) < 4.78 is 5.52. The smallest absolute Gasteiger partial charge is 0.222 e. The molecule has 16 heavy (non-hydrogen) atoms. The van der Waals surface area contributed by atoms with Crippen LogP contribution in [0.1, 0.15) is 39.5 Å². The van der Waals surface area contributed by atoms with Crippen LogP contribution in [0.15, 0.2) is 0 Å². The first-order chi connectivity index (χ1) is 7.47. The minimum absolute atomic E-state index is 0.117. The summed E-state index contributed by atoms with van der Waals surface area (Å²) in [6, 6.07) is 0. The Morgan fingerprint density at radius 1 is 1.56 bits per heavy atom. The average molecular weight is 292 g/mol. The SMILES string of the molecule is CN(C(=O)CCC1CCCO1)C(C)(C)CBr. The lowest BCUT2D eigenvalue weighted by Gasteiger charge is -2.34. The van der Waals surface area contributed by atoms with E-state index in [-0.39, 0.29) is 11.4 Å². The van der Waals surface area contributed by atoms with Gasteiger partial charge in [-0.3, -0.25) is 4.79 Å². The van der Waals surface area contributed by atoms with Crippen LogP contribution in [0.4, 0.5) is 0 Å². The Labute approximate surface area is 107 Å². The van der Waals surface area contributed by atoms with E-state index in [1.165, 1.54) is 0 Å². The Balaban J connectivity index is 2.33. The number of hydrogen-bond acceptors (Lipinski definition) is 2. The lowest BCUT2D eigenvalue weighted by molar-refractivity contribution is -0.134. The highest BCUT2D eigenvalue weighted by Crippen LogP contribution is 2.20. The average Bonchev–Trinajstić information content (AvgIpc) is 2.77. The van der Waals surface area contributed by atoms with Crippen LogP contribution >= 0.6 is 15.9 Å². The van der Waals surface area contributed by atoms with Gasteiger partial charge in [-0.1, -0.05) is 15.9 Å². The minimum Gasteiger partial charge on any atom is -0.378 e. The number of ether oxygens (including phenoxy) is 1. The molecule has 0 aliphatic carbocycles. The highest BCUT2D eigenvalue weighted by Gasteiger charge is 2.27. The zero-order valence-electron chi connectivity index (χ0n) is 10.5. The molecule has 1 saturated heterocycles. The number of halogens is 1. The second-order valence-electron chi connectivity index (χ2n) is 5.07. The van der Waals surface area contributed by atoms with Gasteiger partial charge in [-0.15, -0.1) is 0 Å². The third kappa shape index (κ3) is 3.74. The Kier molecular flexibility index (Phi) is 5.25. The van der Waals surface area contributed by atoms with Crippen LogP contribution in [0, 0.1) is 0 Å². The van der Waals surface area contributed by atoms with Gasteiger partial charge in [0.25, 0.3) is 0 Å². The molecule has 0 spiro atoms. The Bertz CT molecular complexity index is 237. The van der Waals surface area contributed by atoms with Gasteiger partial charge in [0.05, 0.1) is 6.10 Å². The van der Waals surface area contributed by atoms with Crippen LogP contribution in [0.3, 0.4) is 0 Å². The fourth-order valence-electron chi connectivity index (χ4n) is 1.75. The highest BCUT2D eigenvalue weighted by molar-refractivity contribution is 9.09. The summed E-state index contributed by atoms with van der Waals surface area (Å²) >= 11 is 3.44. The number of nitrogens with zero attached hydrogens (tertiary/aromatic N) is 1. The van der Waals surface area contributed by atoms with Crippen molar-refractivity contribution in [2.45, 2.75) is 51.2 Å². The van der Waals surface area contributed by atoms with E-state index in [0.29, 0.717) is 12.5 Å². The summed E-state index contributed by atoms with van der Waals surface area (Å²) in [7, 11) is 1.87. The third-order valence-electron chi connectivity index (χ3n) is 3.31. The fraction of sp³-hybridized carbons (Fsp3) is 0.917. The first kappa shape index (κ1) is 14.0. The summed E-state index contributed by atoms with van der Waals surface area (Å²) in [4.78, 5) is 13.8. The van der Waals surface area contributed by atoms with Crippen LogP contribution in [0.5, 0.6) is 0 Å². The molecule has 3 nitrogen and oxygen atoms in total. The van der Waals surface area contributed by atoms with Crippen LogP contribution in [-0.4, -0.2) is 41.4 Å². The molecule has 0 aromatic rings. The van der Waals surface area contributed by atoms with Gasteiger partial charge in [-0.2, -0.15) is 0 Å². The van der Waals surface area contributed by atoms with E-state index < -0.39 is 0 Å². The molecule has 1 aliphatic rings. The van der Waals surface area contributed by atoms with Crippen LogP contribution in [-0.2, 0) is 9.53 Å². The first-order valence-electron chi connectivity index (χ1n) is 5.91. The van der Waals surface area contributed by atoms with Gasteiger partial charge in [-0.05, 0) is 33.1 Å². The summed E-state index contributed by atoms with van der Waals surface area (Å²) in [5.41, 5.74) is -0.117. The second kappa shape index (κ2) is 6.01. The molecule has 0 aromatic carbocycles. The van der Waals surface area contributed by atoms with Crippen molar-refractivity contribution in [3.05, 3.63) is 0 Å². The molecule has 1 unspecified atom stereocenters. The van der Waals surface area contributed by atoms with Crippen molar-refractivity contribution in [2.24, 2.45) is 0 Å². The normalized spacial score (nSPS) is 21.1. The molecule has 94 valence electrons. The molecule has 0 bridgehead atoms. The molecule has 0 aromatic heterocycles. The number of alkyl halides is 1. The van der Waals surface area contributed by atoms with Gasteiger partial charge in [-0.25, -0.2) is 0 Å². The zero-order valence-corrected chi connectivity index (χ0v) is 12.0. The number of hydrogen-bond donors (Lipinski definition) is 0. The second-order valence-corrected chi connectivity index (χ2v) is 5.63. The van der Waals surface area contributed by atoms with Gasteiger partial charge in [0.15, 0.2) is 0 Å². The summed E-state index contributed by atoms with van der Waals surface area (Å²) in [6.45, 7) is 4.99. The highest BCUT2D eigenvalue weighted by atomic mass is 79.9. The Morgan fingerprint density at radius 3 is 2.75 bits per heavy atom. The lowest BCUT2D eigenvalue weighted by Crippen LogP contribution is -2.46. The number of amides is 1. The van der Waals surface area contributed by atoms with E-state index in [1.807, 2.05) is 11.9 Å². The molecule has 1 aliphatic heterocycles. The molecule has 1 heterocycles. The summed E-state index contributed by atoms with van der Waals surface area (Å²) in [5, 5.41) is 0.794. The number of rotatable bonds is 5. The summed E-state index contributed by atoms with van der Waals surface area (Å²) in [5.74, 6) is 0.208. The quantitative estimate of drug-likeness (QED) is 0.729. The molecule has 0 saturated carbocycles. The van der Waals surface area contributed by atoms with Crippen LogP contribution in [0.2, 0.25) is 0 Å². The fourth-order valence-corrected chi connectivity index (χ4v) is 2.13. The van der Waals surface area contributed by atoms with Gasteiger partial charge in [0, 0.05) is 30.9 Å². The maximum Gasteiger partial charge on any atom is 0.222 e. The van der Waals surface area contributed by atoms with Crippen molar-refractivity contribution in [1.82, 2.24) is 4.90 Å². The monoisotopic (exact) mass is 291 g/mol. The molecule has 4 heteroatoms. The minimum atomic E-state index is -0.117. The summed E-state index contributed by atoms with van der Waals surface area (Å²) in [6.07, 6.45) is 4.02. The maximum absolute atomic E-state index is 12.0. The Hall–Kier alpha value is -0.0900. The van der Waals surface area contributed by atoms with E-state index in [2.05, 4.69) is 29.8 Å². The largest absolute Gasteiger partial charge is 0.378 e. The van der Waals surface area contributed by atoms with E-state index >= 15 is 0 Å². The molecule has 1 amide bonds. The van der Waals surface area contributed by atoms with E-state index in [4.69, 9.17) is 4.74 Å². The van der Waals surface area contributed by atoms with E-state index in [0.717, 1.165) is 31.2 Å². The third-order valence-corrected chi connectivity index (χ3v) is 4.69. The van der Waals surface area contributed by atoms with E-state index in [9.17, 15) is 4.79 Å². The van der Waals surface area contributed by atoms with Gasteiger partial charge < -0.3 is 9.64 Å². The molecule has 1 fully saturated rings. The van der Waals surface area contributed by atoms with Gasteiger partial charge in [0.1, 0.15) is 0 Å². The van der Waals surface area contributed by atoms with E-state index in [1.54, 1.807) is 0 Å². The van der Waals surface area contributed by atoms with Gasteiger partial charge >= 0.3 is 0 Å². The van der Waals surface area contributed by atoms with Crippen LogP contribution in [0.25, 0.3) is 0 Å². The van der Waals surface area contributed by atoms with Crippen molar-refractivity contribution in [3.63, 3.8) is 0 Å². The van der Waals surface area contributed by atoms with Gasteiger partial charge in [0.2, 0.25) is 5.91 Å². The molecular formula is C12H22BrNO2. The molecule has 0 radical (unpaired) electrons. The Morgan fingerprint density at radius 2 is 2.25 bits per heavy atom. The topological polar surface area (TPSA) is 29.5 Å².